The highest BCUT2D eigenvalue weighted by Crippen LogP contribution is 2.25. The van der Waals surface area contributed by atoms with E-state index in [1.807, 2.05) is 12.1 Å². The van der Waals surface area contributed by atoms with E-state index in [1.165, 1.54) is 0 Å². The summed E-state index contributed by atoms with van der Waals surface area (Å²) in [5.74, 6) is 0.784. The highest BCUT2D eigenvalue weighted by molar-refractivity contribution is 5.75. The molecule has 106 valence electrons. The molecule has 0 unspecified atom stereocenters. The van der Waals surface area contributed by atoms with E-state index in [4.69, 9.17) is 15.2 Å². The van der Waals surface area contributed by atoms with Gasteiger partial charge in [-0.3, -0.25) is 4.79 Å². The van der Waals surface area contributed by atoms with Gasteiger partial charge in [0.25, 0.3) is 5.91 Å². The van der Waals surface area contributed by atoms with Gasteiger partial charge in [-0.1, -0.05) is 6.07 Å². The quantitative estimate of drug-likeness (QED) is 0.817. The Labute approximate surface area is 114 Å². The monoisotopic (exact) mass is 266 g/mol. The Morgan fingerprint density at radius 1 is 1.37 bits per heavy atom. The van der Waals surface area contributed by atoms with Crippen LogP contribution < -0.4 is 20.5 Å². The van der Waals surface area contributed by atoms with Gasteiger partial charge in [0.1, 0.15) is 11.5 Å². The van der Waals surface area contributed by atoms with Gasteiger partial charge in [0, 0.05) is 23.7 Å². The van der Waals surface area contributed by atoms with Crippen LogP contribution in [-0.4, -0.2) is 25.2 Å². The van der Waals surface area contributed by atoms with Gasteiger partial charge >= 0.3 is 0 Å². The van der Waals surface area contributed by atoms with E-state index in [0.29, 0.717) is 18.0 Å². The van der Waals surface area contributed by atoms with E-state index < -0.39 is 5.91 Å². The average Bonchev–Trinajstić information content (AvgIpc) is 2.33. The van der Waals surface area contributed by atoms with Crippen molar-refractivity contribution < 1.29 is 14.3 Å². The van der Waals surface area contributed by atoms with E-state index in [1.54, 1.807) is 13.2 Å². The summed E-state index contributed by atoms with van der Waals surface area (Å²) < 4.78 is 10.6. The lowest BCUT2D eigenvalue weighted by Gasteiger charge is -2.21. The van der Waals surface area contributed by atoms with Crippen molar-refractivity contribution in [3.63, 3.8) is 0 Å². The van der Waals surface area contributed by atoms with Crippen molar-refractivity contribution in [2.45, 2.75) is 32.9 Å². The van der Waals surface area contributed by atoms with Gasteiger partial charge in [0.15, 0.2) is 6.61 Å². The molecule has 0 saturated carbocycles. The second-order valence-corrected chi connectivity index (χ2v) is 5.33. The first kappa shape index (κ1) is 15.3. The van der Waals surface area contributed by atoms with Crippen LogP contribution in [0, 0.1) is 0 Å². The Balaban J connectivity index is 2.85. The molecule has 1 amide bonds. The summed E-state index contributed by atoms with van der Waals surface area (Å²) in [6.07, 6.45) is 0. The Morgan fingerprint density at radius 2 is 2.05 bits per heavy atom. The standard InChI is InChI=1S/C14H22N2O3/c1-14(2,3)16-8-10-5-6-11(18-4)7-12(10)19-9-13(15)17/h5-7,16H,8-9H2,1-4H3,(H2,15,17). The minimum absolute atomic E-state index is 0.000878. The molecule has 1 aromatic carbocycles. The number of amides is 1. The molecule has 0 aromatic heterocycles. The molecule has 0 fully saturated rings. The van der Waals surface area contributed by atoms with Gasteiger partial charge < -0.3 is 20.5 Å². The summed E-state index contributed by atoms with van der Waals surface area (Å²) >= 11 is 0. The first-order valence-corrected chi connectivity index (χ1v) is 6.15. The number of primary amides is 1. The SMILES string of the molecule is COc1ccc(CNC(C)(C)C)c(OCC(N)=O)c1. The summed E-state index contributed by atoms with van der Waals surface area (Å²) in [5, 5.41) is 3.37. The largest absolute Gasteiger partial charge is 0.497 e. The third-order valence-corrected chi connectivity index (χ3v) is 2.45. The molecule has 3 N–H and O–H groups in total. The van der Waals surface area contributed by atoms with E-state index >= 15 is 0 Å². The summed E-state index contributed by atoms with van der Waals surface area (Å²) in [6, 6.07) is 5.52. The minimum Gasteiger partial charge on any atom is -0.497 e. The maximum absolute atomic E-state index is 10.8. The lowest BCUT2D eigenvalue weighted by atomic mass is 10.1. The maximum Gasteiger partial charge on any atom is 0.255 e. The number of hydrogen-bond acceptors (Lipinski definition) is 4. The molecule has 0 aliphatic carbocycles. The molecule has 0 aliphatic heterocycles. The van der Waals surface area contributed by atoms with Crippen LogP contribution in [0.25, 0.3) is 0 Å². The third-order valence-electron chi connectivity index (χ3n) is 2.45. The number of ether oxygens (including phenoxy) is 2. The summed E-state index contributed by atoms with van der Waals surface area (Å²) in [5.41, 5.74) is 6.05. The second kappa shape index (κ2) is 6.43. The van der Waals surface area contributed by atoms with Crippen LogP contribution in [0.1, 0.15) is 26.3 Å². The van der Waals surface area contributed by atoms with E-state index in [-0.39, 0.29) is 12.1 Å². The fraction of sp³-hybridized carbons (Fsp3) is 0.500. The number of carbonyl (C=O) groups is 1. The van der Waals surface area contributed by atoms with E-state index in [2.05, 4.69) is 26.1 Å². The van der Waals surface area contributed by atoms with E-state index in [0.717, 1.165) is 5.56 Å². The predicted octanol–water partition coefficient (Wildman–Crippen LogP) is 1.45. The zero-order chi connectivity index (χ0) is 14.5. The van der Waals surface area contributed by atoms with E-state index in [9.17, 15) is 4.79 Å². The predicted molar refractivity (Wildman–Crippen MR) is 74.3 cm³/mol. The molecule has 0 saturated heterocycles. The number of nitrogens with two attached hydrogens (primary N) is 1. The topological polar surface area (TPSA) is 73.6 Å². The molecule has 1 aromatic rings. The summed E-state index contributed by atoms with van der Waals surface area (Å²) in [6.45, 7) is 6.75. The van der Waals surface area contributed by atoms with Gasteiger partial charge in [0.2, 0.25) is 0 Å². The molecule has 0 bridgehead atoms. The smallest absolute Gasteiger partial charge is 0.255 e. The Morgan fingerprint density at radius 3 is 2.58 bits per heavy atom. The first-order chi connectivity index (χ1) is 8.81. The molecule has 5 heteroatoms. The molecular weight excluding hydrogens is 244 g/mol. The fourth-order valence-corrected chi connectivity index (χ4v) is 1.45. The summed E-state index contributed by atoms with van der Waals surface area (Å²) in [7, 11) is 1.58. The second-order valence-electron chi connectivity index (χ2n) is 5.33. The fourth-order valence-electron chi connectivity index (χ4n) is 1.45. The number of benzene rings is 1. The third kappa shape index (κ3) is 5.61. The first-order valence-electron chi connectivity index (χ1n) is 6.15. The van der Waals surface area contributed by atoms with Crippen molar-refractivity contribution >= 4 is 5.91 Å². The molecule has 0 heterocycles. The van der Waals surface area contributed by atoms with Crippen molar-refractivity contribution in [2.75, 3.05) is 13.7 Å². The normalized spacial score (nSPS) is 11.2. The Bertz CT molecular complexity index is 439. The van der Waals surface area contributed by atoms with Gasteiger partial charge in [-0.15, -0.1) is 0 Å². The molecule has 19 heavy (non-hydrogen) atoms. The molecule has 1 rings (SSSR count). The van der Waals surface area contributed by atoms with Crippen LogP contribution in [0.4, 0.5) is 0 Å². The zero-order valence-corrected chi connectivity index (χ0v) is 11.9. The van der Waals surface area contributed by atoms with Crippen molar-refractivity contribution in [2.24, 2.45) is 5.73 Å². The molecule has 5 nitrogen and oxygen atoms in total. The van der Waals surface area contributed by atoms with Crippen LogP contribution in [0.15, 0.2) is 18.2 Å². The lowest BCUT2D eigenvalue weighted by Crippen LogP contribution is -2.35. The van der Waals surface area contributed by atoms with Gasteiger partial charge in [-0.05, 0) is 26.8 Å². The minimum atomic E-state index is -0.502. The number of nitrogens with one attached hydrogen (secondary N) is 1. The van der Waals surface area contributed by atoms with Crippen LogP contribution in [0.3, 0.4) is 0 Å². The number of hydrogen-bond donors (Lipinski definition) is 2. The van der Waals surface area contributed by atoms with Crippen molar-refractivity contribution in [1.82, 2.24) is 5.32 Å². The van der Waals surface area contributed by atoms with Crippen LogP contribution in [-0.2, 0) is 11.3 Å². The molecule has 0 atom stereocenters. The molecule has 0 radical (unpaired) electrons. The molecular formula is C14H22N2O3. The summed E-state index contributed by atoms with van der Waals surface area (Å²) in [4.78, 5) is 10.8. The highest BCUT2D eigenvalue weighted by Gasteiger charge is 2.12. The van der Waals surface area contributed by atoms with Crippen LogP contribution in [0.5, 0.6) is 11.5 Å². The zero-order valence-electron chi connectivity index (χ0n) is 11.9. The van der Waals surface area contributed by atoms with Gasteiger partial charge in [-0.2, -0.15) is 0 Å². The lowest BCUT2D eigenvalue weighted by molar-refractivity contribution is -0.119. The Kier molecular flexibility index (Phi) is 5.18. The van der Waals surface area contributed by atoms with Crippen molar-refractivity contribution in [1.29, 1.82) is 0 Å². The van der Waals surface area contributed by atoms with Gasteiger partial charge in [0.05, 0.1) is 7.11 Å². The number of carbonyl (C=O) groups excluding carboxylic acids is 1. The molecule has 0 spiro atoms. The highest BCUT2D eigenvalue weighted by atomic mass is 16.5. The van der Waals surface area contributed by atoms with Crippen LogP contribution in [0.2, 0.25) is 0 Å². The van der Waals surface area contributed by atoms with Gasteiger partial charge in [-0.25, -0.2) is 0 Å². The van der Waals surface area contributed by atoms with Crippen LogP contribution >= 0.6 is 0 Å². The van der Waals surface area contributed by atoms with Crippen molar-refractivity contribution in [3.05, 3.63) is 23.8 Å². The Hall–Kier alpha value is -1.75. The number of rotatable bonds is 6. The average molecular weight is 266 g/mol. The number of methoxy groups -OCH3 is 1. The maximum atomic E-state index is 10.8. The van der Waals surface area contributed by atoms with Crippen molar-refractivity contribution in [3.8, 4) is 11.5 Å². The molecule has 0 aliphatic rings.